The Morgan fingerprint density at radius 2 is 1.84 bits per heavy atom. The number of benzene rings is 2. The van der Waals surface area contributed by atoms with E-state index in [1.165, 1.54) is 7.11 Å². The largest absolute Gasteiger partial charge is 0.496 e. The third-order valence-electron chi connectivity index (χ3n) is 4.95. The van der Waals surface area contributed by atoms with Gasteiger partial charge in [-0.15, -0.1) is 0 Å². The molecule has 1 amide bonds. The van der Waals surface area contributed by atoms with Gasteiger partial charge in [0.2, 0.25) is 5.91 Å². The van der Waals surface area contributed by atoms with Gasteiger partial charge in [0, 0.05) is 17.8 Å². The van der Waals surface area contributed by atoms with Crippen molar-refractivity contribution >= 4 is 22.6 Å². The summed E-state index contributed by atoms with van der Waals surface area (Å²) in [6.45, 7) is 0.234. The fourth-order valence-electron chi connectivity index (χ4n) is 3.27. The molecule has 0 spiro atoms. The van der Waals surface area contributed by atoms with Crippen molar-refractivity contribution in [3.63, 3.8) is 0 Å². The number of fused-ring (bicyclic) bond motifs is 1. The van der Waals surface area contributed by atoms with Crippen LogP contribution in [0, 0.1) is 5.92 Å². The number of rotatable bonds is 6. The topological polar surface area (TPSA) is 64.6 Å². The van der Waals surface area contributed by atoms with Crippen molar-refractivity contribution in [3.8, 4) is 5.75 Å². The van der Waals surface area contributed by atoms with E-state index >= 15 is 0 Å². The Morgan fingerprint density at radius 1 is 1.12 bits per heavy atom. The Morgan fingerprint density at radius 3 is 2.48 bits per heavy atom. The molecule has 0 radical (unpaired) electrons. The van der Waals surface area contributed by atoms with Gasteiger partial charge in [0.05, 0.1) is 20.1 Å². The second-order valence-corrected chi connectivity index (χ2v) is 6.35. The lowest BCUT2D eigenvalue weighted by Crippen LogP contribution is -2.38. The van der Waals surface area contributed by atoms with Crippen molar-refractivity contribution in [2.24, 2.45) is 5.92 Å². The summed E-state index contributed by atoms with van der Waals surface area (Å²) < 4.78 is 10.4. The number of methoxy groups -OCH3 is 2. The quantitative estimate of drug-likeness (QED) is 0.820. The molecule has 1 aliphatic rings. The number of hydrogen-bond donors (Lipinski definition) is 1. The van der Waals surface area contributed by atoms with E-state index in [1.807, 2.05) is 36.4 Å². The van der Waals surface area contributed by atoms with Gasteiger partial charge in [0.1, 0.15) is 5.75 Å². The average Bonchev–Trinajstić information content (AvgIpc) is 2.59. The maximum absolute atomic E-state index is 12.4. The molecule has 2 aromatic rings. The third kappa shape index (κ3) is 3.45. The number of amides is 1. The van der Waals surface area contributed by atoms with Crippen LogP contribution in [-0.4, -0.2) is 32.6 Å². The van der Waals surface area contributed by atoms with Gasteiger partial charge in [0.25, 0.3) is 0 Å². The molecule has 0 aliphatic heterocycles. The molecule has 1 unspecified atom stereocenters. The standard InChI is InChI=1S/C20H23NO4/c1-24-18-11-5-9-14-15(8-4-10-16(14)18)17(20(23)25-2)12-21-19(22)13-6-3-7-13/h4-5,8-11,13,17H,3,6-7,12H2,1-2H3,(H,21,22). The third-order valence-corrected chi connectivity index (χ3v) is 4.95. The first kappa shape index (κ1) is 17.3. The smallest absolute Gasteiger partial charge is 0.314 e. The van der Waals surface area contributed by atoms with E-state index in [0.29, 0.717) is 0 Å². The van der Waals surface area contributed by atoms with Gasteiger partial charge in [0.15, 0.2) is 0 Å². The maximum Gasteiger partial charge on any atom is 0.314 e. The summed E-state index contributed by atoms with van der Waals surface area (Å²) in [5, 5.41) is 4.78. The fourth-order valence-corrected chi connectivity index (χ4v) is 3.27. The zero-order valence-corrected chi connectivity index (χ0v) is 14.6. The molecule has 3 rings (SSSR count). The molecular formula is C20H23NO4. The van der Waals surface area contributed by atoms with E-state index in [9.17, 15) is 9.59 Å². The number of carbonyl (C=O) groups is 2. The maximum atomic E-state index is 12.4. The molecule has 0 bridgehead atoms. The van der Waals surface area contributed by atoms with Crippen LogP contribution in [0.5, 0.6) is 5.75 Å². The lowest BCUT2D eigenvalue weighted by atomic mass is 9.84. The van der Waals surface area contributed by atoms with E-state index in [2.05, 4.69) is 5.32 Å². The van der Waals surface area contributed by atoms with Crippen LogP contribution >= 0.6 is 0 Å². The van der Waals surface area contributed by atoms with Gasteiger partial charge >= 0.3 is 5.97 Å². The van der Waals surface area contributed by atoms with E-state index in [0.717, 1.165) is 41.3 Å². The first-order chi connectivity index (χ1) is 12.2. The highest BCUT2D eigenvalue weighted by molar-refractivity contribution is 5.95. The molecule has 25 heavy (non-hydrogen) atoms. The summed E-state index contributed by atoms with van der Waals surface area (Å²) in [6.07, 6.45) is 2.96. The molecular weight excluding hydrogens is 318 g/mol. The van der Waals surface area contributed by atoms with Gasteiger partial charge in [-0.25, -0.2) is 0 Å². The number of ether oxygens (including phenoxy) is 2. The zero-order valence-electron chi connectivity index (χ0n) is 14.6. The Balaban J connectivity index is 1.91. The highest BCUT2D eigenvalue weighted by Crippen LogP contribution is 2.32. The highest BCUT2D eigenvalue weighted by Gasteiger charge is 2.28. The van der Waals surface area contributed by atoms with Crippen molar-refractivity contribution < 1.29 is 19.1 Å². The first-order valence-corrected chi connectivity index (χ1v) is 8.57. The summed E-state index contributed by atoms with van der Waals surface area (Å²) in [7, 11) is 2.99. The molecule has 5 nitrogen and oxygen atoms in total. The van der Waals surface area contributed by atoms with Crippen LogP contribution in [0.4, 0.5) is 0 Å². The van der Waals surface area contributed by atoms with Crippen LogP contribution in [0.15, 0.2) is 36.4 Å². The Bertz CT molecular complexity index is 782. The fraction of sp³-hybridized carbons (Fsp3) is 0.400. The van der Waals surface area contributed by atoms with E-state index < -0.39 is 5.92 Å². The van der Waals surface area contributed by atoms with Gasteiger partial charge in [-0.1, -0.05) is 36.8 Å². The van der Waals surface area contributed by atoms with Crippen molar-refractivity contribution in [3.05, 3.63) is 42.0 Å². The Labute approximate surface area is 147 Å². The minimum atomic E-state index is -0.551. The van der Waals surface area contributed by atoms with Crippen molar-refractivity contribution in [1.82, 2.24) is 5.32 Å². The van der Waals surface area contributed by atoms with Crippen LogP contribution < -0.4 is 10.1 Å². The van der Waals surface area contributed by atoms with E-state index in [-0.39, 0.29) is 24.3 Å². The minimum Gasteiger partial charge on any atom is -0.496 e. The highest BCUT2D eigenvalue weighted by atomic mass is 16.5. The number of esters is 1. The van der Waals surface area contributed by atoms with E-state index in [4.69, 9.17) is 9.47 Å². The lowest BCUT2D eigenvalue weighted by molar-refractivity contribution is -0.142. The molecule has 1 saturated carbocycles. The Hall–Kier alpha value is -2.56. The predicted molar refractivity (Wildman–Crippen MR) is 95.6 cm³/mol. The van der Waals surface area contributed by atoms with Gasteiger partial charge in [-0.2, -0.15) is 0 Å². The molecule has 5 heteroatoms. The van der Waals surface area contributed by atoms with E-state index in [1.54, 1.807) is 7.11 Å². The lowest BCUT2D eigenvalue weighted by Gasteiger charge is -2.25. The normalized spacial score (nSPS) is 15.3. The molecule has 0 saturated heterocycles. The van der Waals surface area contributed by atoms with Crippen LogP contribution in [0.25, 0.3) is 10.8 Å². The monoisotopic (exact) mass is 341 g/mol. The summed E-state index contributed by atoms with van der Waals surface area (Å²) in [6, 6.07) is 11.5. The van der Waals surface area contributed by atoms with Crippen LogP contribution in [-0.2, 0) is 14.3 Å². The molecule has 1 N–H and O–H groups in total. The molecule has 2 aromatic carbocycles. The second-order valence-electron chi connectivity index (χ2n) is 6.35. The Kier molecular flexibility index (Phi) is 5.22. The molecule has 1 aliphatic carbocycles. The van der Waals surface area contributed by atoms with Crippen LogP contribution in [0.1, 0.15) is 30.7 Å². The second kappa shape index (κ2) is 7.55. The summed E-state index contributed by atoms with van der Waals surface area (Å²) in [4.78, 5) is 24.5. The average molecular weight is 341 g/mol. The number of nitrogens with one attached hydrogen (secondary N) is 1. The molecule has 132 valence electrons. The van der Waals surface area contributed by atoms with Crippen molar-refractivity contribution in [2.75, 3.05) is 20.8 Å². The van der Waals surface area contributed by atoms with Crippen molar-refractivity contribution in [2.45, 2.75) is 25.2 Å². The molecule has 0 aromatic heterocycles. The molecule has 1 fully saturated rings. The van der Waals surface area contributed by atoms with Crippen LogP contribution in [0.2, 0.25) is 0 Å². The van der Waals surface area contributed by atoms with Crippen molar-refractivity contribution in [1.29, 1.82) is 0 Å². The van der Waals surface area contributed by atoms with Gasteiger partial charge < -0.3 is 14.8 Å². The predicted octanol–water partition coefficient (Wildman–Crippen LogP) is 3.02. The molecule has 1 atom stereocenters. The number of hydrogen-bond acceptors (Lipinski definition) is 4. The first-order valence-electron chi connectivity index (χ1n) is 8.57. The minimum absolute atomic E-state index is 0.0259. The SMILES string of the molecule is COC(=O)C(CNC(=O)C1CCC1)c1cccc2c(OC)cccc12. The van der Waals surface area contributed by atoms with Gasteiger partial charge in [-0.3, -0.25) is 9.59 Å². The summed E-state index contributed by atoms with van der Waals surface area (Å²) in [5.41, 5.74) is 0.831. The summed E-state index contributed by atoms with van der Waals surface area (Å²) >= 11 is 0. The van der Waals surface area contributed by atoms with Crippen LogP contribution in [0.3, 0.4) is 0 Å². The zero-order chi connectivity index (χ0) is 17.8. The number of carbonyl (C=O) groups excluding carboxylic acids is 2. The summed E-state index contributed by atoms with van der Waals surface area (Å²) in [5.74, 6) is -0.0422. The molecule has 0 heterocycles. The van der Waals surface area contributed by atoms with Gasteiger partial charge in [-0.05, 0) is 29.9 Å².